The number of carbonyl (C=O) groups is 1. The molecule has 0 aliphatic carbocycles. The lowest BCUT2D eigenvalue weighted by atomic mass is 10.3. The van der Waals surface area contributed by atoms with Crippen LogP contribution in [-0.2, 0) is 16.6 Å². The Morgan fingerprint density at radius 3 is 2.69 bits per heavy atom. The van der Waals surface area contributed by atoms with E-state index in [0.29, 0.717) is 0 Å². The zero-order chi connectivity index (χ0) is 20.5. The van der Waals surface area contributed by atoms with Crippen LogP contribution >= 0.6 is 23.5 Å². The highest BCUT2D eigenvalue weighted by molar-refractivity contribution is 8.09. The largest absolute Gasteiger partial charge is 0.468 e. The number of hydrogen-bond donors (Lipinski definition) is 0. The summed E-state index contributed by atoms with van der Waals surface area (Å²) in [6.07, 6.45) is 4.08. The molecule has 1 saturated heterocycles. The van der Waals surface area contributed by atoms with E-state index in [9.17, 15) is 4.79 Å². The summed E-state index contributed by atoms with van der Waals surface area (Å²) in [5, 5.41) is 2.08. The van der Waals surface area contributed by atoms with E-state index in [-0.39, 0.29) is 12.5 Å². The van der Waals surface area contributed by atoms with Gasteiger partial charge >= 0.3 is 5.97 Å². The summed E-state index contributed by atoms with van der Waals surface area (Å²) in [4.78, 5) is 18.5. The molecule has 0 amide bonds. The van der Waals surface area contributed by atoms with E-state index in [0.717, 1.165) is 26.4 Å². The van der Waals surface area contributed by atoms with Crippen molar-refractivity contribution in [2.75, 3.05) is 25.6 Å². The van der Waals surface area contributed by atoms with Gasteiger partial charge < -0.3 is 14.5 Å². The average molecular weight is 425 g/mol. The van der Waals surface area contributed by atoms with Crippen molar-refractivity contribution in [3.63, 3.8) is 0 Å². The van der Waals surface area contributed by atoms with Crippen LogP contribution in [0.25, 0.3) is 6.08 Å². The maximum atomic E-state index is 12.1. The van der Waals surface area contributed by atoms with E-state index in [4.69, 9.17) is 4.74 Å². The Hall–Kier alpha value is -2.64. The number of thioether (sulfide) groups is 2. The summed E-state index contributed by atoms with van der Waals surface area (Å²) < 4.78 is 6.97. The molecule has 5 nitrogen and oxygen atoms in total. The number of carbonyl (C=O) groups excluding carboxylic acids is 1. The number of hydrogen-bond acceptors (Lipinski definition) is 6. The average Bonchev–Trinajstić information content (AvgIpc) is 3.21. The number of aryl methyl sites for hydroxylation is 1. The Bertz CT molecular complexity index is 1060. The second kappa shape index (κ2) is 8.00. The monoisotopic (exact) mass is 424 g/mol. The number of benzene rings is 1. The Kier molecular flexibility index (Phi) is 5.43. The van der Waals surface area contributed by atoms with E-state index >= 15 is 0 Å². The van der Waals surface area contributed by atoms with Crippen molar-refractivity contribution in [3.8, 4) is 0 Å². The Morgan fingerprint density at radius 2 is 1.97 bits per heavy atom. The van der Waals surface area contributed by atoms with E-state index in [1.807, 2.05) is 53.0 Å². The minimum Gasteiger partial charge on any atom is -0.468 e. The van der Waals surface area contributed by atoms with Crippen LogP contribution in [0.5, 0.6) is 0 Å². The fourth-order valence-electron chi connectivity index (χ4n) is 3.23. The number of ether oxygens (including phenoxy) is 1. The van der Waals surface area contributed by atoms with Crippen molar-refractivity contribution < 1.29 is 14.1 Å². The molecule has 2 aliphatic heterocycles. The van der Waals surface area contributed by atoms with Crippen LogP contribution in [0.4, 0.5) is 5.69 Å². The summed E-state index contributed by atoms with van der Waals surface area (Å²) in [6, 6.07) is 14.4. The molecule has 29 heavy (non-hydrogen) atoms. The molecule has 0 spiro atoms. The second-order valence-electron chi connectivity index (χ2n) is 6.69. The standard InChI is InChI=1S/C22H22N3O2S2/c1-15-21(22-24(3)17-10-5-6-11-18(17)28-22)29-19(25(15)14-20(26)27-4)13-16-9-7-8-12-23(16)2/h5-13H,1,14H2,2-4H3/q+1. The topological polar surface area (TPSA) is 36.7 Å². The normalized spacial score (nSPS) is 19.8. The highest BCUT2D eigenvalue weighted by Gasteiger charge is 2.35. The number of esters is 1. The predicted molar refractivity (Wildman–Crippen MR) is 119 cm³/mol. The molecule has 0 saturated carbocycles. The van der Waals surface area contributed by atoms with E-state index in [1.54, 1.807) is 23.5 Å². The number of aromatic nitrogens is 1. The van der Waals surface area contributed by atoms with Gasteiger partial charge in [-0.15, -0.1) is 0 Å². The molecule has 4 rings (SSSR count). The van der Waals surface area contributed by atoms with Crippen LogP contribution < -0.4 is 9.47 Å². The quantitative estimate of drug-likeness (QED) is 0.548. The molecule has 7 heteroatoms. The van der Waals surface area contributed by atoms with Crippen LogP contribution in [0.15, 0.2) is 80.8 Å². The molecule has 1 fully saturated rings. The van der Waals surface area contributed by atoms with Gasteiger partial charge in [-0.25, -0.2) is 4.57 Å². The van der Waals surface area contributed by atoms with Crippen molar-refractivity contribution in [3.05, 3.63) is 81.6 Å². The van der Waals surface area contributed by atoms with Crippen molar-refractivity contribution >= 4 is 41.3 Å². The van der Waals surface area contributed by atoms with Crippen LogP contribution in [0.3, 0.4) is 0 Å². The molecule has 3 heterocycles. The molecular formula is C22H22N3O2S2+. The molecule has 148 valence electrons. The highest BCUT2D eigenvalue weighted by atomic mass is 32.2. The van der Waals surface area contributed by atoms with Gasteiger partial charge in [-0.05, 0) is 18.2 Å². The van der Waals surface area contributed by atoms with E-state index < -0.39 is 0 Å². The zero-order valence-electron chi connectivity index (χ0n) is 16.6. The van der Waals surface area contributed by atoms with Crippen LogP contribution in [0.1, 0.15) is 5.69 Å². The molecule has 0 radical (unpaired) electrons. The van der Waals surface area contributed by atoms with Gasteiger partial charge in [0.15, 0.2) is 6.20 Å². The van der Waals surface area contributed by atoms with Crippen LogP contribution in [0, 0.1) is 0 Å². The van der Waals surface area contributed by atoms with Crippen molar-refractivity contribution in [2.24, 2.45) is 7.05 Å². The summed E-state index contributed by atoms with van der Waals surface area (Å²) in [5.74, 6) is -0.294. The number of rotatable bonds is 3. The lowest BCUT2D eigenvalue weighted by molar-refractivity contribution is -0.673. The number of fused-ring (bicyclic) bond motifs is 1. The van der Waals surface area contributed by atoms with Crippen molar-refractivity contribution in [2.45, 2.75) is 4.90 Å². The fraction of sp³-hybridized carbons (Fsp3) is 0.182. The Labute approximate surface area is 179 Å². The first-order chi connectivity index (χ1) is 14.0. The first-order valence-corrected chi connectivity index (χ1v) is 10.8. The number of anilines is 1. The van der Waals surface area contributed by atoms with Gasteiger partial charge in [0.05, 0.1) is 33.5 Å². The predicted octanol–water partition coefficient (Wildman–Crippen LogP) is 3.96. The fourth-order valence-corrected chi connectivity index (χ4v) is 5.72. The zero-order valence-corrected chi connectivity index (χ0v) is 18.2. The van der Waals surface area contributed by atoms with Crippen molar-refractivity contribution in [1.82, 2.24) is 4.90 Å². The molecule has 2 aliphatic rings. The number of para-hydroxylation sites is 1. The number of pyridine rings is 1. The first-order valence-electron chi connectivity index (χ1n) is 9.12. The van der Waals surface area contributed by atoms with Gasteiger partial charge in [0.1, 0.15) is 13.6 Å². The SMILES string of the molecule is C=C1C(=C2Sc3ccccc3N2C)SC(=Cc2cccc[n+]2C)N1CC(=O)OC. The molecular weight excluding hydrogens is 402 g/mol. The lowest BCUT2D eigenvalue weighted by Gasteiger charge is -2.19. The Morgan fingerprint density at radius 1 is 1.21 bits per heavy atom. The maximum absolute atomic E-state index is 12.1. The summed E-state index contributed by atoms with van der Waals surface area (Å²) in [5.41, 5.74) is 3.03. The highest BCUT2D eigenvalue weighted by Crippen LogP contribution is 2.54. The Balaban J connectivity index is 1.76. The molecule has 0 bridgehead atoms. The molecule has 2 aromatic rings. The minimum absolute atomic E-state index is 0.128. The summed E-state index contributed by atoms with van der Waals surface area (Å²) in [7, 11) is 5.48. The van der Waals surface area contributed by atoms with Gasteiger partial charge in [0.25, 0.3) is 0 Å². The van der Waals surface area contributed by atoms with Gasteiger partial charge in [0.2, 0.25) is 5.69 Å². The summed E-state index contributed by atoms with van der Waals surface area (Å²) >= 11 is 3.37. The third-order valence-corrected chi connectivity index (χ3v) is 7.42. The maximum Gasteiger partial charge on any atom is 0.325 e. The van der Waals surface area contributed by atoms with Gasteiger partial charge in [0, 0.05) is 30.2 Å². The van der Waals surface area contributed by atoms with Gasteiger partial charge in [-0.3, -0.25) is 4.79 Å². The molecule has 1 aromatic carbocycles. The first kappa shape index (κ1) is 19.7. The molecule has 0 N–H and O–H groups in total. The van der Waals surface area contributed by atoms with Crippen LogP contribution in [0.2, 0.25) is 0 Å². The third-order valence-electron chi connectivity index (χ3n) is 4.87. The van der Waals surface area contributed by atoms with E-state index in [1.165, 1.54) is 17.7 Å². The second-order valence-corrected chi connectivity index (χ2v) is 8.75. The molecule has 1 aromatic heterocycles. The molecule has 0 atom stereocenters. The number of methoxy groups -OCH3 is 1. The van der Waals surface area contributed by atoms with Gasteiger partial charge in [-0.1, -0.05) is 42.2 Å². The minimum atomic E-state index is -0.294. The van der Waals surface area contributed by atoms with Crippen molar-refractivity contribution in [1.29, 1.82) is 0 Å². The van der Waals surface area contributed by atoms with E-state index in [2.05, 4.69) is 36.7 Å². The molecule has 0 unspecified atom stereocenters. The third kappa shape index (κ3) is 3.68. The smallest absolute Gasteiger partial charge is 0.325 e. The number of nitrogens with zero attached hydrogens (tertiary/aromatic N) is 3. The summed E-state index contributed by atoms with van der Waals surface area (Å²) in [6.45, 7) is 4.44. The van der Waals surface area contributed by atoms with Crippen LogP contribution in [-0.4, -0.2) is 31.6 Å². The van der Waals surface area contributed by atoms with Gasteiger partial charge in [-0.2, -0.15) is 0 Å². The lowest BCUT2D eigenvalue weighted by Crippen LogP contribution is -2.31.